The van der Waals surface area contributed by atoms with Crippen molar-refractivity contribution in [2.75, 3.05) is 26.4 Å². The maximum Gasteiger partial charge on any atom is 0.0825 e. The predicted molar refractivity (Wildman–Crippen MR) is 52.6 cm³/mol. The van der Waals surface area contributed by atoms with Crippen molar-refractivity contribution in [3.05, 3.63) is 0 Å². The van der Waals surface area contributed by atoms with Crippen LogP contribution in [-0.2, 0) is 9.47 Å². The number of hydrogen-bond acceptors (Lipinski definition) is 3. The maximum atomic E-state index is 5.74. The molecule has 0 saturated carbocycles. The van der Waals surface area contributed by atoms with Crippen LogP contribution in [0.1, 0.15) is 26.7 Å². The van der Waals surface area contributed by atoms with Crippen molar-refractivity contribution in [2.45, 2.75) is 32.3 Å². The highest BCUT2D eigenvalue weighted by molar-refractivity contribution is 4.86. The minimum Gasteiger partial charge on any atom is -0.381 e. The molecule has 0 bridgehead atoms. The van der Waals surface area contributed by atoms with Crippen molar-refractivity contribution < 1.29 is 9.47 Å². The largest absolute Gasteiger partial charge is 0.381 e. The molecule has 0 aromatic rings. The van der Waals surface area contributed by atoms with Crippen LogP contribution in [0.5, 0.6) is 0 Å². The molecule has 1 aliphatic rings. The summed E-state index contributed by atoms with van der Waals surface area (Å²) in [5, 5.41) is 0. The van der Waals surface area contributed by atoms with Crippen LogP contribution in [-0.4, -0.2) is 32.0 Å². The van der Waals surface area contributed by atoms with E-state index in [4.69, 9.17) is 15.2 Å². The first-order valence-electron chi connectivity index (χ1n) is 5.14. The normalized spacial score (nSPS) is 28.4. The van der Waals surface area contributed by atoms with Crippen molar-refractivity contribution >= 4 is 0 Å². The summed E-state index contributed by atoms with van der Waals surface area (Å²) in [6.07, 6.45) is 2.31. The molecule has 3 heteroatoms. The topological polar surface area (TPSA) is 44.5 Å². The predicted octanol–water partition coefficient (Wildman–Crippen LogP) is 1.17. The fourth-order valence-electron chi connectivity index (χ4n) is 1.90. The van der Waals surface area contributed by atoms with Gasteiger partial charge in [0, 0.05) is 25.7 Å². The smallest absolute Gasteiger partial charge is 0.0825 e. The minimum absolute atomic E-state index is 0.185. The highest BCUT2D eigenvalue weighted by atomic mass is 16.5. The van der Waals surface area contributed by atoms with Gasteiger partial charge in [0.1, 0.15) is 0 Å². The van der Waals surface area contributed by atoms with E-state index in [1.54, 1.807) is 0 Å². The van der Waals surface area contributed by atoms with Crippen molar-refractivity contribution in [3.63, 3.8) is 0 Å². The summed E-state index contributed by atoms with van der Waals surface area (Å²) in [4.78, 5) is 0. The van der Waals surface area contributed by atoms with E-state index in [2.05, 4.69) is 6.92 Å². The molecular weight excluding hydrogens is 166 g/mol. The van der Waals surface area contributed by atoms with Crippen molar-refractivity contribution in [2.24, 2.45) is 11.7 Å². The summed E-state index contributed by atoms with van der Waals surface area (Å²) in [7, 11) is 0. The van der Waals surface area contributed by atoms with Gasteiger partial charge in [-0.1, -0.05) is 0 Å². The van der Waals surface area contributed by atoms with Crippen LogP contribution in [0.2, 0.25) is 0 Å². The van der Waals surface area contributed by atoms with Gasteiger partial charge in [0.15, 0.2) is 0 Å². The SMILES string of the molecule is CCOC(C)(CN)C1CCCOC1. The van der Waals surface area contributed by atoms with E-state index in [0.717, 1.165) is 26.2 Å². The molecule has 0 aliphatic carbocycles. The lowest BCUT2D eigenvalue weighted by atomic mass is 9.85. The summed E-state index contributed by atoms with van der Waals surface area (Å²) in [5.74, 6) is 0.464. The lowest BCUT2D eigenvalue weighted by Crippen LogP contribution is -2.48. The van der Waals surface area contributed by atoms with E-state index in [1.807, 2.05) is 6.92 Å². The Morgan fingerprint density at radius 2 is 2.38 bits per heavy atom. The van der Waals surface area contributed by atoms with Gasteiger partial charge >= 0.3 is 0 Å². The first-order chi connectivity index (χ1) is 6.23. The van der Waals surface area contributed by atoms with Crippen LogP contribution < -0.4 is 5.73 Å². The summed E-state index contributed by atoms with van der Waals surface area (Å²) in [5.41, 5.74) is 5.56. The van der Waals surface area contributed by atoms with Gasteiger partial charge in [-0.2, -0.15) is 0 Å². The Morgan fingerprint density at radius 1 is 1.62 bits per heavy atom. The molecule has 13 heavy (non-hydrogen) atoms. The Labute approximate surface area is 80.6 Å². The molecule has 78 valence electrons. The molecule has 1 aliphatic heterocycles. The van der Waals surface area contributed by atoms with Crippen molar-refractivity contribution in [1.82, 2.24) is 0 Å². The van der Waals surface area contributed by atoms with E-state index in [9.17, 15) is 0 Å². The third-order valence-corrected chi connectivity index (χ3v) is 2.90. The first kappa shape index (κ1) is 11.0. The van der Waals surface area contributed by atoms with Gasteiger partial charge in [-0.05, 0) is 26.7 Å². The summed E-state index contributed by atoms with van der Waals surface area (Å²) in [6, 6.07) is 0. The van der Waals surface area contributed by atoms with E-state index in [-0.39, 0.29) is 5.60 Å². The maximum absolute atomic E-state index is 5.74. The molecule has 3 nitrogen and oxygen atoms in total. The number of rotatable bonds is 4. The van der Waals surface area contributed by atoms with Gasteiger partial charge in [0.05, 0.1) is 12.2 Å². The van der Waals surface area contributed by atoms with Gasteiger partial charge in [-0.3, -0.25) is 0 Å². The zero-order chi connectivity index (χ0) is 9.73. The van der Waals surface area contributed by atoms with Gasteiger partial charge in [0.2, 0.25) is 0 Å². The van der Waals surface area contributed by atoms with E-state index >= 15 is 0 Å². The minimum atomic E-state index is -0.185. The van der Waals surface area contributed by atoms with Crippen LogP contribution in [0.4, 0.5) is 0 Å². The molecule has 0 spiro atoms. The molecule has 0 aromatic heterocycles. The van der Waals surface area contributed by atoms with Crippen LogP contribution >= 0.6 is 0 Å². The van der Waals surface area contributed by atoms with Gasteiger partial charge < -0.3 is 15.2 Å². The Hall–Kier alpha value is -0.120. The zero-order valence-corrected chi connectivity index (χ0v) is 8.71. The third-order valence-electron chi connectivity index (χ3n) is 2.90. The van der Waals surface area contributed by atoms with Gasteiger partial charge in [-0.15, -0.1) is 0 Å². The van der Waals surface area contributed by atoms with E-state index in [1.165, 1.54) is 6.42 Å². The van der Waals surface area contributed by atoms with E-state index < -0.39 is 0 Å². The van der Waals surface area contributed by atoms with Crippen LogP contribution in [0, 0.1) is 5.92 Å². The van der Waals surface area contributed by atoms with Crippen LogP contribution in [0.25, 0.3) is 0 Å². The second kappa shape index (κ2) is 4.94. The number of ether oxygens (including phenoxy) is 2. The molecule has 1 fully saturated rings. The highest BCUT2D eigenvalue weighted by Crippen LogP contribution is 2.28. The van der Waals surface area contributed by atoms with Gasteiger partial charge in [0.25, 0.3) is 0 Å². The zero-order valence-electron chi connectivity index (χ0n) is 8.71. The molecule has 2 unspecified atom stereocenters. The van der Waals surface area contributed by atoms with Crippen molar-refractivity contribution in [1.29, 1.82) is 0 Å². The Balaban J connectivity index is 2.51. The summed E-state index contributed by atoms with van der Waals surface area (Å²) < 4.78 is 11.2. The second-order valence-corrected chi connectivity index (χ2v) is 3.86. The molecule has 1 heterocycles. The van der Waals surface area contributed by atoms with Crippen LogP contribution in [0.15, 0.2) is 0 Å². The third kappa shape index (κ3) is 2.66. The first-order valence-corrected chi connectivity index (χ1v) is 5.14. The fraction of sp³-hybridized carbons (Fsp3) is 1.00. The van der Waals surface area contributed by atoms with Gasteiger partial charge in [-0.25, -0.2) is 0 Å². The molecule has 1 saturated heterocycles. The summed E-state index contributed by atoms with van der Waals surface area (Å²) >= 11 is 0. The van der Waals surface area contributed by atoms with E-state index in [0.29, 0.717) is 12.5 Å². The lowest BCUT2D eigenvalue weighted by Gasteiger charge is -2.38. The Bertz CT molecular complexity index is 146. The average molecular weight is 187 g/mol. The quantitative estimate of drug-likeness (QED) is 0.718. The lowest BCUT2D eigenvalue weighted by molar-refractivity contribution is -0.103. The molecule has 2 atom stereocenters. The number of hydrogen-bond donors (Lipinski definition) is 1. The average Bonchev–Trinajstić information content (AvgIpc) is 2.19. The Kier molecular flexibility index (Phi) is 4.16. The molecule has 0 amide bonds. The molecule has 1 rings (SSSR count). The fourth-order valence-corrected chi connectivity index (χ4v) is 1.90. The Morgan fingerprint density at radius 3 is 2.85 bits per heavy atom. The molecule has 2 N–H and O–H groups in total. The number of nitrogens with two attached hydrogens (primary N) is 1. The highest BCUT2D eigenvalue weighted by Gasteiger charge is 2.34. The standard InChI is InChI=1S/C10H21NO2/c1-3-13-10(2,8-11)9-5-4-6-12-7-9/h9H,3-8,11H2,1-2H3. The van der Waals surface area contributed by atoms with Crippen molar-refractivity contribution in [3.8, 4) is 0 Å². The molecule has 0 aromatic carbocycles. The summed E-state index contributed by atoms with van der Waals surface area (Å²) in [6.45, 7) is 7.10. The molecule has 0 radical (unpaired) electrons. The second-order valence-electron chi connectivity index (χ2n) is 3.86. The van der Waals surface area contributed by atoms with Crippen LogP contribution in [0.3, 0.4) is 0 Å². The molecular formula is C10H21NO2. The monoisotopic (exact) mass is 187 g/mol.